The second-order valence-electron chi connectivity index (χ2n) is 5.23. The third kappa shape index (κ3) is 2.36. The number of anilines is 1. The number of rotatable bonds is 1. The lowest BCUT2D eigenvalue weighted by Gasteiger charge is -2.21. The largest absolute Gasteiger partial charge is 0.417 e. The highest BCUT2D eigenvalue weighted by atomic mass is 19.4. The number of pyridine rings is 2. The topological polar surface area (TPSA) is 46.9 Å². The van der Waals surface area contributed by atoms with Crippen molar-refractivity contribution in [1.29, 1.82) is 0 Å². The molecule has 22 heavy (non-hydrogen) atoms. The fourth-order valence-electron chi connectivity index (χ4n) is 2.71. The zero-order valence-corrected chi connectivity index (χ0v) is 11.9. The molecule has 1 aliphatic heterocycles. The molecule has 4 nitrogen and oxygen atoms in total. The van der Waals surface area contributed by atoms with Gasteiger partial charge in [-0.2, -0.15) is 13.2 Å². The van der Waals surface area contributed by atoms with Gasteiger partial charge < -0.3 is 9.88 Å². The molecule has 0 aromatic carbocycles. The summed E-state index contributed by atoms with van der Waals surface area (Å²) in [6.45, 7) is 0.759. The molecule has 0 unspecified atom stereocenters. The summed E-state index contributed by atoms with van der Waals surface area (Å²) in [6.07, 6.45) is -0.655. The molecule has 0 saturated heterocycles. The van der Waals surface area contributed by atoms with Gasteiger partial charge in [-0.1, -0.05) is 0 Å². The van der Waals surface area contributed by atoms with Gasteiger partial charge in [-0.25, -0.2) is 0 Å². The Hall–Kier alpha value is -2.31. The first-order chi connectivity index (χ1) is 10.4. The van der Waals surface area contributed by atoms with Crippen LogP contribution in [0.3, 0.4) is 0 Å². The molecule has 1 aliphatic rings. The Balaban J connectivity index is 2.34. The minimum Gasteiger partial charge on any atom is -0.385 e. The molecule has 0 radical (unpaired) electrons. The lowest BCUT2D eigenvalue weighted by Crippen LogP contribution is -2.25. The third-order valence-corrected chi connectivity index (χ3v) is 3.79. The Morgan fingerprint density at radius 1 is 1.32 bits per heavy atom. The van der Waals surface area contributed by atoms with Gasteiger partial charge in [0, 0.05) is 37.2 Å². The van der Waals surface area contributed by atoms with Crippen molar-refractivity contribution in [3.8, 4) is 11.3 Å². The van der Waals surface area contributed by atoms with Crippen molar-refractivity contribution in [2.24, 2.45) is 7.05 Å². The van der Waals surface area contributed by atoms with Crippen molar-refractivity contribution < 1.29 is 13.2 Å². The van der Waals surface area contributed by atoms with Crippen molar-refractivity contribution >= 4 is 5.69 Å². The van der Waals surface area contributed by atoms with E-state index in [2.05, 4.69) is 10.3 Å². The third-order valence-electron chi connectivity index (χ3n) is 3.79. The normalized spacial score (nSPS) is 14.4. The molecule has 7 heteroatoms. The summed E-state index contributed by atoms with van der Waals surface area (Å²) in [5.74, 6) is 0. The zero-order valence-electron chi connectivity index (χ0n) is 11.9. The van der Waals surface area contributed by atoms with Gasteiger partial charge in [0.05, 0.1) is 16.8 Å². The first-order valence-corrected chi connectivity index (χ1v) is 6.88. The Morgan fingerprint density at radius 3 is 2.82 bits per heavy atom. The SMILES string of the molecule is Cn1ccc(C(F)(F)F)c(-c2nccc3c2CCCN3)c1=O. The first kappa shape index (κ1) is 14.6. The maximum atomic E-state index is 13.3. The minimum absolute atomic E-state index is 0.123. The van der Waals surface area contributed by atoms with Crippen molar-refractivity contribution in [3.05, 3.63) is 46.0 Å². The molecule has 2 aromatic heterocycles. The van der Waals surface area contributed by atoms with Gasteiger partial charge in [-0.3, -0.25) is 9.78 Å². The Bertz CT molecular complexity index is 781. The number of aromatic nitrogens is 2. The summed E-state index contributed by atoms with van der Waals surface area (Å²) in [5, 5.41) is 3.13. The van der Waals surface area contributed by atoms with Crippen LogP contribution in [-0.2, 0) is 19.6 Å². The second-order valence-corrected chi connectivity index (χ2v) is 5.23. The highest BCUT2D eigenvalue weighted by molar-refractivity contribution is 5.73. The molecular weight excluding hydrogens is 295 g/mol. The maximum absolute atomic E-state index is 13.3. The lowest BCUT2D eigenvalue weighted by molar-refractivity contribution is -0.137. The van der Waals surface area contributed by atoms with E-state index in [9.17, 15) is 18.0 Å². The van der Waals surface area contributed by atoms with E-state index in [4.69, 9.17) is 0 Å². The molecule has 116 valence electrons. The van der Waals surface area contributed by atoms with Crippen LogP contribution < -0.4 is 10.9 Å². The first-order valence-electron chi connectivity index (χ1n) is 6.88. The Morgan fingerprint density at radius 2 is 2.09 bits per heavy atom. The fourth-order valence-corrected chi connectivity index (χ4v) is 2.71. The molecule has 0 bridgehead atoms. The quantitative estimate of drug-likeness (QED) is 0.881. The van der Waals surface area contributed by atoms with Crippen molar-refractivity contribution in [3.63, 3.8) is 0 Å². The minimum atomic E-state index is -4.60. The summed E-state index contributed by atoms with van der Waals surface area (Å²) in [5.41, 5.74) is -0.475. The average molecular weight is 309 g/mol. The van der Waals surface area contributed by atoms with E-state index < -0.39 is 17.3 Å². The van der Waals surface area contributed by atoms with Crippen LogP contribution in [0.25, 0.3) is 11.3 Å². The molecule has 2 aromatic rings. The number of hydrogen-bond donors (Lipinski definition) is 1. The van der Waals surface area contributed by atoms with Crippen LogP contribution in [0.5, 0.6) is 0 Å². The molecule has 0 atom stereocenters. The number of fused-ring (bicyclic) bond motifs is 1. The van der Waals surface area contributed by atoms with Gasteiger partial charge in [0.25, 0.3) is 5.56 Å². The summed E-state index contributed by atoms with van der Waals surface area (Å²) in [6, 6.07) is 2.65. The predicted octanol–water partition coefficient (Wildman–Crippen LogP) is 2.82. The highest BCUT2D eigenvalue weighted by Crippen LogP contribution is 2.37. The van der Waals surface area contributed by atoms with Gasteiger partial charge in [-0.15, -0.1) is 0 Å². The summed E-state index contributed by atoms with van der Waals surface area (Å²) in [4.78, 5) is 16.4. The summed E-state index contributed by atoms with van der Waals surface area (Å²) in [7, 11) is 1.43. The van der Waals surface area contributed by atoms with Crippen LogP contribution in [0.1, 0.15) is 17.5 Å². The van der Waals surface area contributed by atoms with Crippen molar-refractivity contribution in [1.82, 2.24) is 9.55 Å². The molecule has 3 rings (SSSR count). The van der Waals surface area contributed by atoms with Crippen LogP contribution in [0.2, 0.25) is 0 Å². The van der Waals surface area contributed by atoms with Crippen LogP contribution in [0, 0.1) is 0 Å². The lowest BCUT2D eigenvalue weighted by atomic mass is 9.96. The number of halogens is 3. The van der Waals surface area contributed by atoms with Crippen LogP contribution >= 0.6 is 0 Å². The van der Waals surface area contributed by atoms with E-state index in [1.807, 2.05) is 0 Å². The van der Waals surface area contributed by atoms with E-state index in [1.165, 1.54) is 13.2 Å². The van der Waals surface area contributed by atoms with E-state index in [1.54, 1.807) is 6.07 Å². The van der Waals surface area contributed by atoms with Gasteiger partial charge in [-0.05, 0) is 25.0 Å². The molecule has 3 heterocycles. The smallest absolute Gasteiger partial charge is 0.385 e. The monoisotopic (exact) mass is 309 g/mol. The van der Waals surface area contributed by atoms with Crippen molar-refractivity contribution in [2.45, 2.75) is 19.0 Å². The fraction of sp³-hybridized carbons (Fsp3) is 0.333. The van der Waals surface area contributed by atoms with E-state index >= 15 is 0 Å². The average Bonchev–Trinajstić information content (AvgIpc) is 2.48. The van der Waals surface area contributed by atoms with Crippen LogP contribution in [0.15, 0.2) is 29.3 Å². The maximum Gasteiger partial charge on any atom is 0.417 e. The predicted molar refractivity (Wildman–Crippen MR) is 76.7 cm³/mol. The standard InChI is InChI=1S/C15H14F3N3O/c1-21-8-5-10(15(16,17)18)12(14(21)22)13-9-3-2-6-19-11(9)4-7-20-13/h4-5,7-8,19H,2-3,6H2,1H3. The molecule has 0 saturated carbocycles. The number of aryl methyl sites for hydroxylation is 1. The molecule has 0 aliphatic carbocycles. The van der Waals surface area contributed by atoms with Crippen LogP contribution in [0.4, 0.5) is 18.9 Å². The zero-order chi connectivity index (χ0) is 15.9. The van der Waals surface area contributed by atoms with E-state index in [0.29, 0.717) is 12.0 Å². The molecule has 0 fully saturated rings. The van der Waals surface area contributed by atoms with Gasteiger partial charge in [0.1, 0.15) is 0 Å². The van der Waals surface area contributed by atoms with Gasteiger partial charge in [0.15, 0.2) is 0 Å². The van der Waals surface area contributed by atoms with Crippen LogP contribution in [-0.4, -0.2) is 16.1 Å². The molecule has 0 amide bonds. The Labute approximate surface area is 124 Å². The molecule has 1 N–H and O–H groups in total. The molecule has 0 spiro atoms. The number of hydrogen-bond acceptors (Lipinski definition) is 3. The number of alkyl halides is 3. The number of nitrogens with zero attached hydrogens (tertiary/aromatic N) is 2. The van der Waals surface area contributed by atoms with E-state index in [-0.39, 0.29) is 11.3 Å². The number of nitrogens with one attached hydrogen (secondary N) is 1. The highest BCUT2D eigenvalue weighted by Gasteiger charge is 2.36. The van der Waals surface area contributed by atoms with Gasteiger partial charge >= 0.3 is 6.18 Å². The second kappa shape index (κ2) is 5.15. The van der Waals surface area contributed by atoms with Crippen molar-refractivity contribution in [2.75, 3.05) is 11.9 Å². The summed E-state index contributed by atoms with van der Waals surface area (Å²) < 4.78 is 41.0. The summed E-state index contributed by atoms with van der Waals surface area (Å²) >= 11 is 0. The van der Waals surface area contributed by atoms with E-state index in [0.717, 1.165) is 35.5 Å². The Kier molecular flexibility index (Phi) is 3.42. The van der Waals surface area contributed by atoms with Gasteiger partial charge in [0.2, 0.25) is 0 Å². The molecular formula is C15H14F3N3O.